The van der Waals surface area contributed by atoms with Gasteiger partial charge in [0.1, 0.15) is 0 Å². The Hall–Kier alpha value is -0.120. The zero-order valence-electron chi connectivity index (χ0n) is 11.2. The van der Waals surface area contributed by atoms with Gasteiger partial charge < -0.3 is 15.2 Å². The van der Waals surface area contributed by atoms with Crippen LogP contribution in [0.5, 0.6) is 0 Å². The second kappa shape index (κ2) is 6.17. The van der Waals surface area contributed by atoms with E-state index in [4.69, 9.17) is 4.74 Å². The molecule has 0 amide bonds. The molecule has 0 aliphatic heterocycles. The summed E-state index contributed by atoms with van der Waals surface area (Å²) in [5.74, 6) is 1.45. The minimum atomic E-state index is -0.350. The van der Waals surface area contributed by atoms with Gasteiger partial charge in [0.25, 0.3) is 0 Å². The number of ether oxygens (including phenoxy) is 1. The Morgan fingerprint density at radius 3 is 2.59 bits per heavy atom. The van der Waals surface area contributed by atoms with E-state index in [-0.39, 0.29) is 6.10 Å². The lowest BCUT2D eigenvalue weighted by molar-refractivity contribution is -0.0452. The molecular weight excluding hydrogens is 214 g/mol. The smallest absolute Gasteiger partial charge is 0.0897 e. The molecule has 5 atom stereocenters. The molecule has 2 N–H and O–H groups in total. The monoisotopic (exact) mass is 241 g/mol. The standard InChI is InChI=1S/C14H27NO2/c1-10-5-3-4-6-14(10)17-9-12(16)8-15-13-7-11(13)2/h10-16H,3-9H2,1-2H3. The van der Waals surface area contributed by atoms with Gasteiger partial charge >= 0.3 is 0 Å². The first-order valence-corrected chi connectivity index (χ1v) is 7.20. The van der Waals surface area contributed by atoms with Crippen molar-refractivity contribution in [2.75, 3.05) is 13.2 Å². The average molecular weight is 241 g/mol. The van der Waals surface area contributed by atoms with Crippen LogP contribution in [0.3, 0.4) is 0 Å². The molecule has 100 valence electrons. The van der Waals surface area contributed by atoms with E-state index in [1.807, 2.05) is 0 Å². The first-order chi connectivity index (χ1) is 8.16. The van der Waals surface area contributed by atoms with Crippen molar-refractivity contribution in [3.8, 4) is 0 Å². The number of rotatable bonds is 6. The lowest BCUT2D eigenvalue weighted by atomic mass is 9.88. The SMILES string of the molecule is CC1CC1NCC(O)COC1CCCCC1C. The lowest BCUT2D eigenvalue weighted by Gasteiger charge is -2.29. The van der Waals surface area contributed by atoms with Gasteiger partial charge in [0.05, 0.1) is 18.8 Å². The van der Waals surface area contributed by atoms with E-state index in [2.05, 4.69) is 19.2 Å². The van der Waals surface area contributed by atoms with E-state index in [1.54, 1.807) is 0 Å². The average Bonchev–Trinajstić information content (AvgIpc) is 3.02. The predicted molar refractivity (Wildman–Crippen MR) is 69.0 cm³/mol. The molecule has 2 fully saturated rings. The molecule has 0 aromatic heterocycles. The minimum absolute atomic E-state index is 0.350. The van der Waals surface area contributed by atoms with Gasteiger partial charge in [0.2, 0.25) is 0 Å². The van der Waals surface area contributed by atoms with Crippen molar-refractivity contribution in [1.29, 1.82) is 0 Å². The normalized spacial score (nSPS) is 39.0. The highest BCUT2D eigenvalue weighted by Gasteiger charge is 2.32. The van der Waals surface area contributed by atoms with Crippen molar-refractivity contribution in [2.24, 2.45) is 11.8 Å². The van der Waals surface area contributed by atoms with Crippen LogP contribution in [-0.2, 0) is 4.74 Å². The van der Waals surface area contributed by atoms with Crippen molar-refractivity contribution < 1.29 is 9.84 Å². The highest BCUT2D eigenvalue weighted by molar-refractivity contribution is 4.90. The molecule has 2 rings (SSSR count). The Balaban J connectivity index is 1.56. The molecule has 2 saturated carbocycles. The summed E-state index contributed by atoms with van der Waals surface area (Å²) in [5, 5.41) is 13.2. The summed E-state index contributed by atoms with van der Waals surface area (Å²) in [4.78, 5) is 0. The summed E-state index contributed by atoms with van der Waals surface area (Å²) in [6.45, 7) is 5.67. The fourth-order valence-corrected chi connectivity index (χ4v) is 2.72. The van der Waals surface area contributed by atoms with Crippen LogP contribution < -0.4 is 5.32 Å². The fourth-order valence-electron chi connectivity index (χ4n) is 2.72. The first-order valence-electron chi connectivity index (χ1n) is 7.20. The third-order valence-corrected chi connectivity index (χ3v) is 4.26. The highest BCUT2D eigenvalue weighted by atomic mass is 16.5. The van der Waals surface area contributed by atoms with Gasteiger partial charge in [-0.1, -0.05) is 26.7 Å². The number of nitrogens with one attached hydrogen (secondary N) is 1. The molecule has 0 bridgehead atoms. The molecule has 0 heterocycles. The highest BCUT2D eigenvalue weighted by Crippen LogP contribution is 2.29. The number of hydrogen-bond acceptors (Lipinski definition) is 3. The zero-order chi connectivity index (χ0) is 12.3. The van der Waals surface area contributed by atoms with Gasteiger partial charge in [0.15, 0.2) is 0 Å². The summed E-state index contributed by atoms with van der Waals surface area (Å²) in [6.07, 6.45) is 6.34. The quantitative estimate of drug-likeness (QED) is 0.747. The summed E-state index contributed by atoms with van der Waals surface area (Å²) in [5.41, 5.74) is 0. The summed E-state index contributed by atoms with van der Waals surface area (Å²) in [6, 6.07) is 0.637. The van der Waals surface area contributed by atoms with Crippen LogP contribution in [0.1, 0.15) is 46.0 Å². The largest absolute Gasteiger partial charge is 0.389 e. The van der Waals surface area contributed by atoms with Crippen LogP contribution >= 0.6 is 0 Å². The second-order valence-electron chi connectivity index (χ2n) is 6.02. The van der Waals surface area contributed by atoms with Crippen LogP contribution in [-0.4, -0.2) is 36.5 Å². The number of hydrogen-bond donors (Lipinski definition) is 2. The predicted octanol–water partition coefficient (Wildman–Crippen LogP) is 1.94. The maximum atomic E-state index is 9.84. The zero-order valence-corrected chi connectivity index (χ0v) is 11.2. The van der Waals surface area contributed by atoms with Crippen molar-refractivity contribution in [1.82, 2.24) is 5.32 Å². The Labute approximate surface area is 105 Å². The van der Waals surface area contributed by atoms with Crippen LogP contribution in [0.25, 0.3) is 0 Å². The summed E-state index contributed by atoms with van der Waals surface area (Å²) < 4.78 is 5.85. The van der Waals surface area contributed by atoms with E-state index < -0.39 is 0 Å². The third-order valence-electron chi connectivity index (χ3n) is 4.26. The summed E-state index contributed by atoms with van der Waals surface area (Å²) in [7, 11) is 0. The molecule has 17 heavy (non-hydrogen) atoms. The topological polar surface area (TPSA) is 41.5 Å². The van der Waals surface area contributed by atoms with Crippen molar-refractivity contribution >= 4 is 0 Å². The van der Waals surface area contributed by atoms with Crippen LogP contribution in [0.2, 0.25) is 0 Å². The Kier molecular flexibility index (Phi) is 4.83. The Morgan fingerprint density at radius 2 is 1.94 bits per heavy atom. The maximum absolute atomic E-state index is 9.84. The maximum Gasteiger partial charge on any atom is 0.0897 e. The van der Waals surface area contributed by atoms with E-state index in [9.17, 15) is 5.11 Å². The molecule has 2 aliphatic carbocycles. The van der Waals surface area contributed by atoms with Crippen LogP contribution in [0.4, 0.5) is 0 Å². The van der Waals surface area contributed by atoms with Crippen LogP contribution in [0, 0.1) is 11.8 Å². The van der Waals surface area contributed by atoms with Gasteiger partial charge in [0, 0.05) is 12.6 Å². The molecule has 0 radical (unpaired) electrons. The van der Waals surface area contributed by atoms with Gasteiger partial charge in [-0.15, -0.1) is 0 Å². The van der Waals surface area contributed by atoms with Crippen LogP contribution in [0.15, 0.2) is 0 Å². The Bertz CT molecular complexity index is 234. The number of aliphatic hydroxyl groups excluding tert-OH is 1. The summed E-state index contributed by atoms with van der Waals surface area (Å²) >= 11 is 0. The van der Waals surface area contributed by atoms with Gasteiger partial charge in [-0.3, -0.25) is 0 Å². The van der Waals surface area contributed by atoms with Gasteiger partial charge in [-0.05, 0) is 31.1 Å². The van der Waals surface area contributed by atoms with E-state index in [0.717, 1.165) is 5.92 Å². The molecule has 0 spiro atoms. The third kappa shape index (κ3) is 4.23. The van der Waals surface area contributed by atoms with Crippen molar-refractivity contribution in [3.63, 3.8) is 0 Å². The van der Waals surface area contributed by atoms with E-state index >= 15 is 0 Å². The van der Waals surface area contributed by atoms with E-state index in [0.29, 0.717) is 31.2 Å². The molecule has 3 heteroatoms. The molecule has 0 aromatic carbocycles. The minimum Gasteiger partial charge on any atom is -0.389 e. The second-order valence-corrected chi connectivity index (χ2v) is 6.02. The number of aliphatic hydroxyl groups is 1. The molecule has 0 aromatic rings. The van der Waals surface area contributed by atoms with Gasteiger partial charge in [-0.2, -0.15) is 0 Å². The Morgan fingerprint density at radius 1 is 1.24 bits per heavy atom. The molecule has 3 nitrogen and oxygen atoms in total. The molecule has 0 saturated heterocycles. The molecule has 5 unspecified atom stereocenters. The molecule has 2 aliphatic rings. The van der Waals surface area contributed by atoms with Crippen molar-refractivity contribution in [3.05, 3.63) is 0 Å². The van der Waals surface area contributed by atoms with Gasteiger partial charge in [-0.25, -0.2) is 0 Å². The fraction of sp³-hybridized carbons (Fsp3) is 1.00. The first kappa shape index (κ1) is 13.3. The van der Waals surface area contributed by atoms with E-state index in [1.165, 1.54) is 32.1 Å². The lowest BCUT2D eigenvalue weighted by Crippen LogP contribution is -2.35. The van der Waals surface area contributed by atoms with Crippen molar-refractivity contribution in [2.45, 2.75) is 64.2 Å². The molecular formula is C14H27NO2.